The SMILES string of the molecule is CCOC(=O)c1cccc(Cn2nnc3ccccc32)c1. The minimum atomic E-state index is -0.303. The molecule has 3 aromatic rings. The van der Waals surface area contributed by atoms with E-state index < -0.39 is 0 Å². The van der Waals surface area contributed by atoms with Gasteiger partial charge in [-0.15, -0.1) is 5.10 Å². The van der Waals surface area contributed by atoms with Gasteiger partial charge in [-0.2, -0.15) is 0 Å². The van der Waals surface area contributed by atoms with E-state index >= 15 is 0 Å². The number of hydrogen-bond donors (Lipinski definition) is 0. The molecule has 5 heteroatoms. The van der Waals surface area contributed by atoms with E-state index in [2.05, 4.69) is 10.3 Å². The van der Waals surface area contributed by atoms with E-state index in [9.17, 15) is 4.79 Å². The standard InChI is InChI=1S/C16H15N3O2/c1-2-21-16(20)13-7-5-6-12(10-13)11-19-15-9-4-3-8-14(15)17-18-19/h3-10H,2,11H2,1H3. The number of aromatic nitrogens is 3. The molecule has 1 aromatic heterocycles. The second-order valence-corrected chi connectivity index (χ2v) is 4.66. The van der Waals surface area contributed by atoms with Gasteiger partial charge in [0.25, 0.3) is 0 Å². The van der Waals surface area contributed by atoms with E-state index in [1.54, 1.807) is 13.0 Å². The molecular formula is C16H15N3O2. The van der Waals surface area contributed by atoms with Crippen LogP contribution in [0.5, 0.6) is 0 Å². The predicted molar refractivity (Wildman–Crippen MR) is 79.0 cm³/mol. The Balaban J connectivity index is 1.88. The van der Waals surface area contributed by atoms with Gasteiger partial charge in [0.1, 0.15) is 5.52 Å². The molecule has 0 radical (unpaired) electrons. The first-order valence-electron chi connectivity index (χ1n) is 6.82. The van der Waals surface area contributed by atoms with Crippen molar-refractivity contribution in [1.29, 1.82) is 0 Å². The number of carbonyl (C=O) groups excluding carboxylic acids is 1. The molecule has 0 unspecified atom stereocenters. The van der Waals surface area contributed by atoms with Crippen LogP contribution in [0.4, 0.5) is 0 Å². The maximum absolute atomic E-state index is 11.8. The summed E-state index contributed by atoms with van der Waals surface area (Å²) in [6, 6.07) is 15.2. The van der Waals surface area contributed by atoms with Crippen LogP contribution in [-0.2, 0) is 11.3 Å². The van der Waals surface area contributed by atoms with Crippen LogP contribution in [0.2, 0.25) is 0 Å². The Bertz CT molecular complexity index is 780. The third kappa shape index (κ3) is 2.76. The Labute approximate surface area is 122 Å². The lowest BCUT2D eigenvalue weighted by molar-refractivity contribution is 0.0526. The van der Waals surface area contributed by atoms with Crippen molar-refractivity contribution >= 4 is 17.0 Å². The van der Waals surface area contributed by atoms with Crippen molar-refractivity contribution in [3.8, 4) is 0 Å². The Kier molecular flexibility index (Phi) is 3.64. The summed E-state index contributed by atoms with van der Waals surface area (Å²) < 4.78 is 6.83. The molecule has 0 atom stereocenters. The first-order chi connectivity index (χ1) is 10.3. The lowest BCUT2D eigenvalue weighted by Crippen LogP contribution is -2.07. The first-order valence-corrected chi connectivity index (χ1v) is 6.82. The molecule has 21 heavy (non-hydrogen) atoms. The zero-order valence-electron chi connectivity index (χ0n) is 11.7. The highest BCUT2D eigenvalue weighted by Crippen LogP contribution is 2.13. The van der Waals surface area contributed by atoms with Crippen LogP contribution in [0, 0.1) is 0 Å². The Morgan fingerprint density at radius 1 is 1.19 bits per heavy atom. The first kappa shape index (κ1) is 13.3. The molecule has 106 valence electrons. The van der Waals surface area contributed by atoms with Gasteiger partial charge in [-0.25, -0.2) is 9.48 Å². The molecule has 0 aliphatic rings. The molecule has 1 heterocycles. The van der Waals surface area contributed by atoms with Crippen molar-refractivity contribution in [2.75, 3.05) is 6.61 Å². The topological polar surface area (TPSA) is 57.0 Å². The van der Waals surface area contributed by atoms with Gasteiger partial charge in [-0.1, -0.05) is 29.5 Å². The van der Waals surface area contributed by atoms with E-state index in [-0.39, 0.29) is 5.97 Å². The molecule has 0 aliphatic carbocycles. The zero-order valence-corrected chi connectivity index (χ0v) is 11.7. The monoisotopic (exact) mass is 281 g/mol. The van der Waals surface area contributed by atoms with Crippen molar-refractivity contribution < 1.29 is 9.53 Å². The molecule has 0 N–H and O–H groups in total. The summed E-state index contributed by atoms with van der Waals surface area (Å²) in [5.74, 6) is -0.303. The van der Waals surface area contributed by atoms with Gasteiger partial charge in [-0.3, -0.25) is 0 Å². The second-order valence-electron chi connectivity index (χ2n) is 4.66. The van der Waals surface area contributed by atoms with Gasteiger partial charge < -0.3 is 4.74 Å². The summed E-state index contributed by atoms with van der Waals surface area (Å²) in [6.07, 6.45) is 0. The number of nitrogens with zero attached hydrogens (tertiary/aromatic N) is 3. The third-order valence-electron chi connectivity index (χ3n) is 3.19. The largest absolute Gasteiger partial charge is 0.462 e. The van der Waals surface area contributed by atoms with Crippen LogP contribution in [0.25, 0.3) is 11.0 Å². The Hall–Kier alpha value is -2.69. The van der Waals surface area contributed by atoms with Crippen molar-refractivity contribution in [2.45, 2.75) is 13.5 Å². The van der Waals surface area contributed by atoms with Crippen LogP contribution in [-0.4, -0.2) is 27.6 Å². The fourth-order valence-electron chi connectivity index (χ4n) is 2.22. The highest BCUT2D eigenvalue weighted by Gasteiger charge is 2.08. The van der Waals surface area contributed by atoms with E-state index in [1.165, 1.54) is 0 Å². The van der Waals surface area contributed by atoms with Gasteiger partial charge in [0.15, 0.2) is 0 Å². The molecule has 0 spiro atoms. The smallest absolute Gasteiger partial charge is 0.338 e. The van der Waals surface area contributed by atoms with Crippen molar-refractivity contribution in [3.05, 3.63) is 59.7 Å². The van der Waals surface area contributed by atoms with Crippen LogP contribution >= 0.6 is 0 Å². The minimum Gasteiger partial charge on any atom is -0.462 e. The fraction of sp³-hybridized carbons (Fsp3) is 0.188. The number of para-hydroxylation sites is 1. The van der Waals surface area contributed by atoms with E-state index in [1.807, 2.05) is 47.1 Å². The summed E-state index contributed by atoms with van der Waals surface area (Å²) in [7, 11) is 0. The average molecular weight is 281 g/mol. The summed E-state index contributed by atoms with van der Waals surface area (Å²) >= 11 is 0. The number of benzene rings is 2. The van der Waals surface area contributed by atoms with Crippen molar-refractivity contribution in [2.24, 2.45) is 0 Å². The Morgan fingerprint density at radius 3 is 2.90 bits per heavy atom. The van der Waals surface area contributed by atoms with Crippen LogP contribution < -0.4 is 0 Å². The van der Waals surface area contributed by atoms with Crippen molar-refractivity contribution in [3.63, 3.8) is 0 Å². The third-order valence-corrected chi connectivity index (χ3v) is 3.19. The summed E-state index contributed by atoms with van der Waals surface area (Å²) in [6.45, 7) is 2.73. The fourth-order valence-corrected chi connectivity index (χ4v) is 2.22. The van der Waals surface area contributed by atoms with Gasteiger partial charge in [-0.05, 0) is 36.8 Å². The molecule has 2 aromatic carbocycles. The highest BCUT2D eigenvalue weighted by atomic mass is 16.5. The van der Waals surface area contributed by atoms with E-state index in [4.69, 9.17) is 4.74 Å². The maximum Gasteiger partial charge on any atom is 0.338 e. The van der Waals surface area contributed by atoms with Crippen molar-refractivity contribution in [1.82, 2.24) is 15.0 Å². The molecule has 0 bridgehead atoms. The van der Waals surface area contributed by atoms with Gasteiger partial charge in [0.05, 0.1) is 24.2 Å². The number of esters is 1. The molecule has 0 aliphatic heterocycles. The molecule has 5 nitrogen and oxygen atoms in total. The van der Waals surface area contributed by atoms with Gasteiger partial charge in [0, 0.05) is 0 Å². The summed E-state index contributed by atoms with van der Waals surface area (Å²) in [5, 5.41) is 8.28. The van der Waals surface area contributed by atoms with Gasteiger partial charge in [0.2, 0.25) is 0 Å². The molecule has 3 rings (SSSR count). The van der Waals surface area contributed by atoms with E-state index in [0.717, 1.165) is 16.6 Å². The average Bonchev–Trinajstić information content (AvgIpc) is 2.91. The number of fused-ring (bicyclic) bond motifs is 1. The predicted octanol–water partition coefficient (Wildman–Crippen LogP) is 2.66. The summed E-state index contributed by atoms with van der Waals surface area (Å²) in [5.41, 5.74) is 3.37. The van der Waals surface area contributed by atoms with Crippen LogP contribution in [0.1, 0.15) is 22.8 Å². The lowest BCUT2D eigenvalue weighted by Gasteiger charge is -2.06. The quantitative estimate of drug-likeness (QED) is 0.690. The molecule has 0 saturated carbocycles. The lowest BCUT2D eigenvalue weighted by atomic mass is 10.1. The molecule has 0 fully saturated rings. The normalized spacial score (nSPS) is 10.7. The van der Waals surface area contributed by atoms with Crippen LogP contribution in [0.3, 0.4) is 0 Å². The Morgan fingerprint density at radius 2 is 2.05 bits per heavy atom. The number of ether oxygens (including phenoxy) is 1. The molecule has 0 saturated heterocycles. The summed E-state index contributed by atoms with van der Waals surface area (Å²) in [4.78, 5) is 11.8. The highest BCUT2D eigenvalue weighted by molar-refractivity contribution is 5.89. The number of hydrogen-bond acceptors (Lipinski definition) is 4. The van der Waals surface area contributed by atoms with E-state index in [0.29, 0.717) is 18.7 Å². The maximum atomic E-state index is 11.8. The zero-order chi connectivity index (χ0) is 14.7. The minimum absolute atomic E-state index is 0.303. The van der Waals surface area contributed by atoms with Crippen LogP contribution in [0.15, 0.2) is 48.5 Å². The van der Waals surface area contributed by atoms with Gasteiger partial charge >= 0.3 is 5.97 Å². The number of rotatable bonds is 4. The second kappa shape index (κ2) is 5.75. The molecular weight excluding hydrogens is 266 g/mol. The molecule has 0 amide bonds. The number of carbonyl (C=O) groups is 1.